The summed E-state index contributed by atoms with van der Waals surface area (Å²) in [5.74, 6) is 0.198. The zero-order valence-corrected chi connectivity index (χ0v) is 17.9. The molecule has 1 aliphatic rings. The topological polar surface area (TPSA) is 66.8 Å². The van der Waals surface area contributed by atoms with Crippen LogP contribution in [-0.4, -0.2) is 34.3 Å². The summed E-state index contributed by atoms with van der Waals surface area (Å²) < 4.78 is 6.04. The second-order valence-corrected chi connectivity index (χ2v) is 9.29. The van der Waals surface area contributed by atoms with Crippen LogP contribution in [0, 0.1) is 11.8 Å². The van der Waals surface area contributed by atoms with E-state index in [-0.39, 0.29) is 29.0 Å². The highest BCUT2D eigenvalue weighted by molar-refractivity contribution is 6.21. The summed E-state index contributed by atoms with van der Waals surface area (Å²) in [7, 11) is 0. The minimum Gasteiger partial charge on any atom is -0.493 e. The van der Waals surface area contributed by atoms with Crippen LogP contribution < -0.4 is 4.74 Å². The van der Waals surface area contributed by atoms with Crippen LogP contribution in [0.3, 0.4) is 0 Å². The number of halogens is 1. The minimum absolute atomic E-state index is 0.00976. The van der Waals surface area contributed by atoms with E-state index in [0.717, 1.165) is 18.6 Å². The molecule has 0 heterocycles. The maximum atomic E-state index is 10.5. The van der Waals surface area contributed by atoms with Crippen molar-refractivity contribution in [3.05, 3.63) is 42.0 Å². The van der Waals surface area contributed by atoms with Crippen molar-refractivity contribution in [2.75, 3.05) is 6.61 Å². The van der Waals surface area contributed by atoms with Gasteiger partial charge in [-0.2, -0.15) is 0 Å². The van der Waals surface area contributed by atoms with Gasteiger partial charge in [0.2, 0.25) is 0 Å². The Labute approximate surface area is 173 Å². The van der Waals surface area contributed by atoms with Gasteiger partial charge in [0, 0.05) is 17.7 Å². The lowest BCUT2D eigenvalue weighted by atomic mass is 9.87. The third-order valence-electron chi connectivity index (χ3n) is 5.45. The van der Waals surface area contributed by atoms with Crippen LogP contribution in [0.1, 0.15) is 58.4 Å². The molecule has 1 saturated carbocycles. The van der Waals surface area contributed by atoms with Crippen molar-refractivity contribution in [3.63, 3.8) is 0 Å². The maximum absolute atomic E-state index is 10.5. The van der Waals surface area contributed by atoms with Gasteiger partial charge in [-0.25, -0.2) is 0 Å². The molecule has 0 radical (unpaired) electrons. The number of carbonyl (C=O) groups is 1. The van der Waals surface area contributed by atoms with Crippen LogP contribution in [0.5, 0.6) is 5.75 Å². The molecule has 4 atom stereocenters. The van der Waals surface area contributed by atoms with Gasteiger partial charge in [0.1, 0.15) is 5.75 Å². The number of rotatable bonds is 9. The summed E-state index contributed by atoms with van der Waals surface area (Å²) in [6.07, 6.45) is 6.54. The standard InChI is InChI=1S/C23H33ClO4/c1-23(2,3)16-9-8-10-17(13-16)28-15-19-18(20(24)14-21(19)25)11-6-4-5-7-12-22(26)27/h4,6,8-10,13,18-21,25H,5,7,11-12,14-15H2,1-3H3,(H,26,27)/b6-4-/t18-,19-,20+,21-/m1/s1. The number of aliphatic carboxylic acids is 1. The average molecular weight is 409 g/mol. The molecule has 156 valence electrons. The molecule has 0 bridgehead atoms. The molecule has 2 N–H and O–H groups in total. The summed E-state index contributed by atoms with van der Waals surface area (Å²) in [5.41, 5.74) is 1.27. The Balaban J connectivity index is 1.91. The van der Waals surface area contributed by atoms with E-state index in [4.69, 9.17) is 21.4 Å². The van der Waals surface area contributed by atoms with E-state index in [9.17, 15) is 9.90 Å². The molecule has 5 heteroatoms. The van der Waals surface area contributed by atoms with Crippen molar-refractivity contribution in [3.8, 4) is 5.75 Å². The van der Waals surface area contributed by atoms with Crippen molar-refractivity contribution in [2.24, 2.45) is 11.8 Å². The second-order valence-electron chi connectivity index (χ2n) is 8.73. The first-order valence-electron chi connectivity index (χ1n) is 10.1. The van der Waals surface area contributed by atoms with Gasteiger partial charge in [-0.1, -0.05) is 45.1 Å². The normalized spacial score (nSPS) is 25.3. The number of hydrogen-bond acceptors (Lipinski definition) is 3. The number of unbranched alkanes of at least 4 members (excludes halogenated alkanes) is 1. The highest BCUT2D eigenvalue weighted by Crippen LogP contribution is 2.39. The molecule has 0 saturated heterocycles. The van der Waals surface area contributed by atoms with Crippen molar-refractivity contribution in [1.29, 1.82) is 0 Å². The summed E-state index contributed by atoms with van der Waals surface area (Å²) in [4.78, 5) is 10.5. The van der Waals surface area contributed by atoms with Gasteiger partial charge in [0.05, 0.1) is 12.7 Å². The summed E-state index contributed by atoms with van der Waals surface area (Å²) >= 11 is 6.49. The van der Waals surface area contributed by atoms with Gasteiger partial charge in [-0.3, -0.25) is 4.79 Å². The minimum atomic E-state index is -0.763. The Morgan fingerprint density at radius 2 is 2.04 bits per heavy atom. The van der Waals surface area contributed by atoms with E-state index in [1.807, 2.05) is 18.2 Å². The SMILES string of the molecule is CC(C)(C)c1cccc(OC[C@@H]2[C@@H](C/C=C\CCCC(=O)O)[C@@H](Cl)C[C@H]2O)c1. The molecule has 0 aromatic heterocycles. The van der Waals surface area contributed by atoms with Gasteiger partial charge in [0.25, 0.3) is 0 Å². The first-order chi connectivity index (χ1) is 13.2. The van der Waals surface area contributed by atoms with Gasteiger partial charge < -0.3 is 14.9 Å². The predicted octanol–water partition coefficient (Wildman–Crippen LogP) is 5.17. The monoisotopic (exact) mass is 408 g/mol. The van der Waals surface area contributed by atoms with Crippen LogP contribution in [-0.2, 0) is 10.2 Å². The number of carboxylic acids is 1. The fourth-order valence-electron chi connectivity index (χ4n) is 3.68. The Morgan fingerprint density at radius 1 is 1.29 bits per heavy atom. The Hall–Kier alpha value is -1.52. The zero-order valence-electron chi connectivity index (χ0n) is 17.1. The van der Waals surface area contributed by atoms with Gasteiger partial charge in [-0.15, -0.1) is 11.6 Å². The summed E-state index contributed by atoms with van der Waals surface area (Å²) in [6.45, 7) is 6.95. The van der Waals surface area contributed by atoms with E-state index >= 15 is 0 Å². The fourth-order valence-corrected chi connectivity index (χ4v) is 4.15. The summed E-state index contributed by atoms with van der Waals surface area (Å²) in [6, 6.07) is 8.12. The lowest BCUT2D eigenvalue weighted by Crippen LogP contribution is -2.27. The van der Waals surface area contributed by atoms with E-state index in [1.165, 1.54) is 5.56 Å². The largest absolute Gasteiger partial charge is 0.493 e. The van der Waals surface area contributed by atoms with Crippen molar-refractivity contribution < 1.29 is 19.7 Å². The highest BCUT2D eigenvalue weighted by atomic mass is 35.5. The molecule has 2 rings (SSSR count). The molecule has 1 aromatic carbocycles. The molecule has 1 fully saturated rings. The van der Waals surface area contributed by atoms with E-state index < -0.39 is 12.1 Å². The van der Waals surface area contributed by atoms with Crippen molar-refractivity contribution >= 4 is 17.6 Å². The Bertz CT molecular complexity index is 665. The maximum Gasteiger partial charge on any atom is 0.303 e. The van der Waals surface area contributed by atoms with Gasteiger partial charge in [0.15, 0.2) is 0 Å². The first kappa shape index (κ1) is 22.8. The Morgan fingerprint density at radius 3 is 2.71 bits per heavy atom. The number of allylic oxidation sites excluding steroid dienone is 2. The Kier molecular flexibility index (Phi) is 8.38. The molecule has 0 spiro atoms. The number of aliphatic hydroxyl groups excluding tert-OH is 1. The zero-order chi connectivity index (χ0) is 20.7. The van der Waals surface area contributed by atoms with Crippen molar-refractivity contribution in [2.45, 2.75) is 69.8 Å². The third-order valence-corrected chi connectivity index (χ3v) is 5.96. The number of alkyl halides is 1. The molecule has 0 unspecified atom stereocenters. The second kappa shape index (κ2) is 10.3. The molecule has 0 aliphatic heterocycles. The molecular formula is C23H33ClO4. The van der Waals surface area contributed by atoms with Crippen LogP contribution in [0.2, 0.25) is 0 Å². The smallest absolute Gasteiger partial charge is 0.303 e. The quantitative estimate of drug-likeness (QED) is 0.336. The van der Waals surface area contributed by atoms with E-state index in [2.05, 4.69) is 39.0 Å². The summed E-state index contributed by atoms with van der Waals surface area (Å²) in [5, 5.41) is 19.0. The molecule has 4 nitrogen and oxygen atoms in total. The number of ether oxygens (including phenoxy) is 1. The lowest BCUT2D eigenvalue weighted by Gasteiger charge is -2.24. The van der Waals surface area contributed by atoms with Crippen LogP contribution in [0.4, 0.5) is 0 Å². The van der Waals surface area contributed by atoms with Gasteiger partial charge in [-0.05, 0) is 54.7 Å². The molecule has 28 heavy (non-hydrogen) atoms. The van der Waals surface area contributed by atoms with Crippen molar-refractivity contribution in [1.82, 2.24) is 0 Å². The first-order valence-corrected chi connectivity index (χ1v) is 10.5. The highest BCUT2D eigenvalue weighted by Gasteiger charge is 2.41. The predicted molar refractivity (Wildman–Crippen MR) is 113 cm³/mol. The lowest BCUT2D eigenvalue weighted by molar-refractivity contribution is -0.137. The van der Waals surface area contributed by atoms with E-state index in [1.54, 1.807) is 0 Å². The van der Waals surface area contributed by atoms with Crippen LogP contribution in [0.15, 0.2) is 36.4 Å². The number of aliphatic hydroxyl groups is 1. The molecule has 0 amide bonds. The number of hydrogen-bond donors (Lipinski definition) is 2. The molecule has 1 aromatic rings. The van der Waals surface area contributed by atoms with Crippen LogP contribution >= 0.6 is 11.6 Å². The van der Waals surface area contributed by atoms with Crippen LogP contribution in [0.25, 0.3) is 0 Å². The van der Waals surface area contributed by atoms with E-state index in [0.29, 0.717) is 19.4 Å². The average Bonchev–Trinajstić information content (AvgIpc) is 2.88. The molecule has 1 aliphatic carbocycles. The molecular weight excluding hydrogens is 376 g/mol. The number of carboxylic acid groups (broad SMARTS) is 1. The fraction of sp³-hybridized carbons (Fsp3) is 0.609. The number of benzene rings is 1. The van der Waals surface area contributed by atoms with Gasteiger partial charge >= 0.3 is 5.97 Å². The third kappa shape index (κ3) is 6.82.